The Morgan fingerprint density at radius 2 is 1.80 bits per heavy atom. The van der Waals surface area contributed by atoms with Gasteiger partial charge in [0, 0.05) is 17.6 Å². The largest absolute Gasteiger partial charge is 0.497 e. The number of amides is 1. The van der Waals surface area contributed by atoms with E-state index in [0.29, 0.717) is 27.9 Å². The molecule has 0 fully saturated rings. The number of halogens is 1. The molecule has 1 amide bonds. The molecule has 2 N–H and O–H groups in total. The van der Waals surface area contributed by atoms with Gasteiger partial charge in [0.05, 0.1) is 19.2 Å². The standard InChI is InChI=1S/C18H16ClN3O3/c1-24-15-6-3-13(4-7-15)21-11-12(10-20)18(23)22-14-5-8-17(25-2)16(19)9-14/h3-9,11,21H,1-2H3,(H,22,23)/b12-11-. The Balaban J connectivity index is 2.07. The molecule has 0 saturated heterocycles. The third-order valence-corrected chi connectivity index (χ3v) is 3.54. The van der Waals surface area contributed by atoms with E-state index in [9.17, 15) is 10.1 Å². The summed E-state index contributed by atoms with van der Waals surface area (Å²) in [7, 11) is 3.08. The van der Waals surface area contributed by atoms with Crippen molar-refractivity contribution in [1.29, 1.82) is 5.26 Å². The average molecular weight is 358 g/mol. The molecule has 7 heteroatoms. The number of ether oxygens (including phenoxy) is 2. The van der Waals surface area contributed by atoms with Gasteiger partial charge in [0.25, 0.3) is 5.91 Å². The summed E-state index contributed by atoms with van der Waals surface area (Å²) in [6.45, 7) is 0. The summed E-state index contributed by atoms with van der Waals surface area (Å²) in [4.78, 5) is 12.2. The van der Waals surface area contributed by atoms with Crippen LogP contribution in [0.15, 0.2) is 54.2 Å². The van der Waals surface area contributed by atoms with E-state index in [1.807, 2.05) is 6.07 Å². The summed E-state index contributed by atoms with van der Waals surface area (Å²) < 4.78 is 10.1. The maximum atomic E-state index is 12.2. The molecule has 2 aromatic carbocycles. The zero-order valence-corrected chi connectivity index (χ0v) is 14.4. The van der Waals surface area contributed by atoms with Crippen LogP contribution in [0.2, 0.25) is 5.02 Å². The summed E-state index contributed by atoms with van der Waals surface area (Å²) in [5.74, 6) is 0.658. The van der Waals surface area contributed by atoms with Gasteiger partial charge >= 0.3 is 0 Å². The summed E-state index contributed by atoms with van der Waals surface area (Å²) in [5, 5.41) is 15.1. The highest BCUT2D eigenvalue weighted by atomic mass is 35.5. The number of nitriles is 1. The van der Waals surface area contributed by atoms with Crippen LogP contribution < -0.4 is 20.1 Å². The molecule has 0 radical (unpaired) electrons. The lowest BCUT2D eigenvalue weighted by molar-refractivity contribution is -0.112. The maximum absolute atomic E-state index is 12.2. The van der Waals surface area contributed by atoms with Crippen LogP contribution in [0.5, 0.6) is 11.5 Å². The third kappa shape index (κ3) is 4.90. The van der Waals surface area contributed by atoms with Crippen molar-refractivity contribution in [3.63, 3.8) is 0 Å². The van der Waals surface area contributed by atoms with Gasteiger partial charge in [0.2, 0.25) is 0 Å². The van der Waals surface area contributed by atoms with Gasteiger partial charge in [-0.15, -0.1) is 0 Å². The fourth-order valence-electron chi connectivity index (χ4n) is 1.93. The second-order valence-corrected chi connectivity index (χ2v) is 5.25. The fourth-order valence-corrected chi connectivity index (χ4v) is 2.19. The lowest BCUT2D eigenvalue weighted by atomic mass is 10.2. The minimum atomic E-state index is -0.551. The van der Waals surface area contributed by atoms with Gasteiger partial charge in [-0.2, -0.15) is 5.26 Å². The molecule has 0 aliphatic carbocycles. The summed E-state index contributed by atoms with van der Waals surface area (Å²) in [5.41, 5.74) is 1.10. The van der Waals surface area contributed by atoms with E-state index in [1.54, 1.807) is 49.6 Å². The number of benzene rings is 2. The first-order valence-corrected chi connectivity index (χ1v) is 7.61. The first-order valence-electron chi connectivity index (χ1n) is 7.23. The Bertz CT molecular complexity index is 826. The molecule has 0 bridgehead atoms. The predicted octanol–water partition coefficient (Wildman–Crippen LogP) is 3.82. The highest BCUT2D eigenvalue weighted by Gasteiger charge is 2.10. The van der Waals surface area contributed by atoms with Gasteiger partial charge in [0.1, 0.15) is 23.1 Å². The third-order valence-electron chi connectivity index (χ3n) is 3.25. The predicted molar refractivity (Wildman–Crippen MR) is 96.9 cm³/mol. The second-order valence-electron chi connectivity index (χ2n) is 4.85. The minimum Gasteiger partial charge on any atom is -0.497 e. The Morgan fingerprint density at radius 1 is 1.12 bits per heavy atom. The molecule has 2 aromatic rings. The quantitative estimate of drug-likeness (QED) is 0.606. The molecule has 0 aliphatic rings. The van der Waals surface area contributed by atoms with Crippen LogP contribution in [0.3, 0.4) is 0 Å². The van der Waals surface area contributed by atoms with E-state index in [2.05, 4.69) is 10.6 Å². The van der Waals surface area contributed by atoms with E-state index in [-0.39, 0.29) is 5.57 Å². The fraction of sp³-hybridized carbons (Fsp3) is 0.111. The Kier molecular flexibility index (Phi) is 6.26. The van der Waals surface area contributed by atoms with Crippen LogP contribution in [0.1, 0.15) is 0 Å². The molecule has 2 rings (SSSR count). The first-order chi connectivity index (χ1) is 12.1. The van der Waals surface area contributed by atoms with Crippen LogP contribution in [0.25, 0.3) is 0 Å². The first kappa shape index (κ1) is 18.2. The lowest BCUT2D eigenvalue weighted by Gasteiger charge is -2.08. The van der Waals surface area contributed by atoms with E-state index in [0.717, 1.165) is 0 Å². The Hall–Kier alpha value is -3.17. The smallest absolute Gasteiger partial charge is 0.267 e. The van der Waals surface area contributed by atoms with Crippen LogP contribution in [0.4, 0.5) is 11.4 Å². The zero-order valence-electron chi connectivity index (χ0n) is 13.7. The van der Waals surface area contributed by atoms with Gasteiger partial charge in [-0.3, -0.25) is 4.79 Å². The highest BCUT2D eigenvalue weighted by molar-refractivity contribution is 6.32. The lowest BCUT2D eigenvalue weighted by Crippen LogP contribution is -2.14. The maximum Gasteiger partial charge on any atom is 0.267 e. The molecule has 0 spiro atoms. The van der Waals surface area contributed by atoms with Crippen molar-refractivity contribution in [1.82, 2.24) is 0 Å². The van der Waals surface area contributed by atoms with Crippen molar-refractivity contribution >= 4 is 28.9 Å². The molecule has 0 saturated carbocycles. The number of hydrogen-bond donors (Lipinski definition) is 2. The Morgan fingerprint density at radius 3 is 2.36 bits per heavy atom. The topological polar surface area (TPSA) is 83.4 Å². The second kappa shape index (κ2) is 8.62. The zero-order chi connectivity index (χ0) is 18.2. The van der Waals surface area contributed by atoms with Gasteiger partial charge in [-0.1, -0.05) is 11.6 Å². The molecular formula is C18H16ClN3O3. The van der Waals surface area contributed by atoms with Crippen LogP contribution >= 0.6 is 11.6 Å². The van der Waals surface area contributed by atoms with Crippen molar-refractivity contribution in [2.24, 2.45) is 0 Å². The van der Waals surface area contributed by atoms with Gasteiger partial charge in [0.15, 0.2) is 0 Å². The molecule has 0 unspecified atom stereocenters. The van der Waals surface area contributed by atoms with Crippen molar-refractivity contribution in [3.8, 4) is 17.6 Å². The van der Waals surface area contributed by atoms with Crippen LogP contribution in [-0.4, -0.2) is 20.1 Å². The molecule has 0 aliphatic heterocycles. The monoisotopic (exact) mass is 357 g/mol. The number of methoxy groups -OCH3 is 2. The number of rotatable bonds is 6. The van der Waals surface area contributed by atoms with Crippen LogP contribution in [0, 0.1) is 11.3 Å². The van der Waals surface area contributed by atoms with Gasteiger partial charge in [-0.25, -0.2) is 0 Å². The summed E-state index contributed by atoms with van der Waals surface area (Å²) in [6, 6.07) is 13.7. The van der Waals surface area contributed by atoms with E-state index >= 15 is 0 Å². The van der Waals surface area contributed by atoms with Crippen LogP contribution in [-0.2, 0) is 4.79 Å². The summed E-state index contributed by atoms with van der Waals surface area (Å²) >= 11 is 6.01. The minimum absolute atomic E-state index is 0.0808. The molecule has 0 heterocycles. The number of hydrogen-bond acceptors (Lipinski definition) is 5. The number of carbonyl (C=O) groups excluding carboxylic acids is 1. The van der Waals surface area contributed by atoms with E-state index in [1.165, 1.54) is 13.3 Å². The molecule has 128 valence electrons. The molecule has 25 heavy (non-hydrogen) atoms. The van der Waals surface area contributed by atoms with Gasteiger partial charge in [-0.05, 0) is 42.5 Å². The average Bonchev–Trinajstić information content (AvgIpc) is 2.63. The van der Waals surface area contributed by atoms with Crippen molar-refractivity contribution < 1.29 is 14.3 Å². The molecule has 0 aromatic heterocycles. The van der Waals surface area contributed by atoms with E-state index in [4.69, 9.17) is 21.1 Å². The number of anilines is 2. The number of nitrogens with zero attached hydrogens (tertiary/aromatic N) is 1. The molecular weight excluding hydrogens is 342 g/mol. The van der Waals surface area contributed by atoms with Crippen molar-refractivity contribution in [3.05, 3.63) is 59.3 Å². The van der Waals surface area contributed by atoms with Crippen molar-refractivity contribution in [2.75, 3.05) is 24.9 Å². The number of nitrogens with one attached hydrogen (secondary N) is 2. The normalized spacial score (nSPS) is 10.6. The van der Waals surface area contributed by atoms with Gasteiger partial charge < -0.3 is 20.1 Å². The summed E-state index contributed by atoms with van der Waals surface area (Å²) in [6.07, 6.45) is 1.34. The SMILES string of the molecule is COc1ccc(N/C=C(/C#N)C(=O)Nc2ccc(OC)c(Cl)c2)cc1. The number of carbonyl (C=O) groups is 1. The van der Waals surface area contributed by atoms with Crippen molar-refractivity contribution in [2.45, 2.75) is 0 Å². The van der Waals surface area contributed by atoms with E-state index < -0.39 is 5.91 Å². The molecule has 6 nitrogen and oxygen atoms in total. The Labute approximate surface area is 150 Å². The molecule has 0 atom stereocenters. The highest BCUT2D eigenvalue weighted by Crippen LogP contribution is 2.27.